The van der Waals surface area contributed by atoms with Gasteiger partial charge in [-0.1, -0.05) is 13.8 Å². The van der Waals surface area contributed by atoms with Crippen LogP contribution in [0.4, 0.5) is 0 Å². The molecule has 0 saturated carbocycles. The monoisotopic (exact) mass is 166 g/mol. The van der Waals surface area contributed by atoms with Crippen molar-refractivity contribution >= 4 is 5.84 Å². The highest BCUT2D eigenvalue weighted by Gasteiger charge is 2.01. The van der Waals surface area contributed by atoms with Crippen LogP contribution in [-0.2, 0) is 6.54 Å². The summed E-state index contributed by atoms with van der Waals surface area (Å²) in [5.74, 6) is 0.634. The fraction of sp³-hybridized carbons (Fsp3) is 0.500. The van der Waals surface area contributed by atoms with E-state index in [0.717, 1.165) is 6.54 Å². The standard InChI is InChI=1S/C8H14N4/c1-6(2)4-12-5-7(3-11-12)8(9)10/h3,5-6H,4H2,1-2H3,(H3,9,10). The van der Waals surface area contributed by atoms with Crippen LogP contribution in [0.15, 0.2) is 12.4 Å². The summed E-state index contributed by atoms with van der Waals surface area (Å²) in [7, 11) is 0. The summed E-state index contributed by atoms with van der Waals surface area (Å²) in [4.78, 5) is 0. The summed E-state index contributed by atoms with van der Waals surface area (Å²) in [5.41, 5.74) is 5.98. The molecule has 1 aromatic heterocycles. The van der Waals surface area contributed by atoms with Crippen LogP contribution in [0.25, 0.3) is 0 Å². The molecular formula is C8H14N4. The zero-order chi connectivity index (χ0) is 9.14. The van der Waals surface area contributed by atoms with Crippen molar-refractivity contribution in [1.82, 2.24) is 9.78 Å². The van der Waals surface area contributed by atoms with Gasteiger partial charge in [-0.25, -0.2) is 0 Å². The highest BCUT2D eigenvalue weighted by molar-refractivity contribution is 5.94. The Kier molecular flexibility index (Phi) is 2.47. The molecule has 0 atom stereocenters. The van der Waals surface area contributed by atoms with E-state index in [0.29, 0.717) is 11.5 Å². The van der Waals surface area contributed by atoms with Crippen molar-refractivity contribution in [3.63, 3.8) is 0 Å². The molecule has 0 spiro atoms. The molecular weight excluding hydrogens is 152 g/mol. The first-order chi connectivity index (χ1) is 5.59. The van der Waals surface area contributed by atoms with Crippen molar-refractivity contribution < 1.29 is 0 Å². The highest BCUT2D eigenvalue weighted by Crippen LogP contribution is 2.00. The molecule has 0 radical (unpaired) electrons. The highest BCUT2D eigenvalue weighted by atomic mass is 15.3. The van der Waals surface area contributed by atoms with Crippen LogP contribution >= 0.6 is 0 Å². The molecule has 1 aromatic rings. The Hall–Kier alpha value is -1.32. The Morgan fingerprint density at radius 3 is 2.83 bits per heavy atom. The van der Waals surface area contributed by atoms with Crippen LogP contribution in [0, 0.1) is 11.3 Å². The number of nitrogens with two attached hydrogens (primary N) is 1. The average molecular weight is 166 g/mol. The Labute approximate surface area is 71.9 Å². The Morgan fingerprint density at radius 1 is 1.75 bits per heavy atom. The van der Waals surface area contributed by atoms with Gasteiger partial charge in [0.05, 0.1) is 11.8 Å². The van der Waals surface area contributed by atoms with Gasteiger partial charge in [-0.2, -0.15) is 5.10 Å². The molecule has 66 valence electrons. The van der Waals surface area contributed by atoms with Gasteiger partial charge in [-0.05, 0) is 5.92 Å². The zero-order valence-corrected chi connectivity index (χ0v) is 7.41. The SMILES string of the molecule is CC(C)Cn1cc(C(=N)N)cn1. The molecule has 3 N–H and O–H groups in total. The van der Waals surface area contributed by atoms with Crippen LogP contribution < -0.4 is 5.73 Å². The van der Waals surface area contributed by atoms with E-state index in [4.69, 9.17) is 11.1 Å². The third-order valence-corrected chi connectivity index (χ3v) is 1.50. The number of hydrogen-bond acceptors (Lipinski definition) is 2. The third-order valence-electron chi connectivity index (χ3n) is 1.50. The topological polar surface area (TPSA) is 67.7 Å². The smallest absolute Gasteiger partial charge is 0.125 e. The van der Waals surface area contributed by atoms with E-state index in [-0.39, 0.29) is 5.84 Å². The maximum Gasteiger partial charge on any atom is 0.125 e. The summed E-state index contributed by atoms with van der Waals surface area (Å²) in [6.07, 6.45) is 3.41. The van der Waals surface area contributed by atoms with Crippen LogP contribution in [0.1, 0.15) is 19.4 Å². The van der Waals surface area contributed by atoms with E-state index >= 15 is 0 Å². The molecule has 0 bridgehead atoms. The molecule has 0 unspecified atom stereocenters. The summed E-state index contributed by atoms with van der Waals surface area (Å²) in [6, 6.07) is 0. The summed E-state index contributed by atoms with van der Waals surface area (Å²) in [6.45, 7) is 5.11. The molecule has 0 aromatic carbocycles. The van der Waals surface area contributed by atoms with Crippen molar-refractivity contribution in [2.45, 2.75) is 20.4 Å². The Morgan fingerprint density at radius 2 is 2.42 bits per heavy atom. The molecule has 0 fully saturated rings. The lowest BCUT2D eigenvalue weighted by Crippen LogP contribution is -2.10. The molecule has 4 heteroatoms. The number of hydrogen-bond donors (Lipinski definition) is 2. The first-order valence-electron chi connectivity index (χ1n) is 3.96. The molecule has 1 heterocycles. The van der Waals surface area contributed by atoms with Gasteiger partial charge < -0.3 is 5.73 Å². The second-order valence-corrected chi connectivity index (χ2v) is 3.26. The van der Waals surface area contributed by atoms with Gasteiger partial charge in [0.2, 0.25) is 0 Å². The van der Waals surface area contributed by atoms with Crippen molar-refractivity contribution in [2.24, 2.45) is 11.7 Å². The van der Waals surface area contributed by atoms with Crippen molar-refractivity contribution in [1.29, 1.82) is 5.41 Å². The van der Waals surface area contributed by atoms with E-state index in [2.05, 4.69) is 18.9 Å². The lowest BCUT2D eigenvalue weighted by Gasteiger charge is -2.02. The number of nitrogens with zero attached hydrogens (tertiary/aromatic N) is 2. The lowest BCUT2D eigenvalue weighted by atomic mass is 10.2. The summed E-state index contributed by atoms with van der Waals surface area (Å²) >= 11 is 0. The molecule has 0 aliphatic heterocycles. The maximum absolute atomic E-state index is 7.16. The minimum absolute atomic E-state index is 0.0741. The summed E-state index contributed by atoms with van der Waals surface area (Å²) in [5, 5.41) is 11.2. The lowest BCUT2D eigenvalue weighted by molar-refractivity contribution is 0.483. The van der Waals surface area contributed by atoms with E-state index in [1.807, 2.05) is 0 Å². The fourth-order valence-electron chi connectivity index (χ4n) is 0.977. The van der Waals surface area contributed by atoms with Crippen molar-refractivity contribution in [3.8, 4) is 0 Å². The van der Waals surface area contributed by atoms with Gasteiger partial charge in [-0.3, -0.25) is 10.1 Å². The van der Waals surface area contributed by atoms with Crippen LogP contribution in [-0.4, -0.2) is 15.6 Å². The van der Waals surface area contributed by atoms with E-state index in [9.17, 15) is 0 Å². The molecule has 0 amide bonds. The first kappa shape index (κ1) is 8.77. The Balaban J connectivity index is 2.71. The number of aromatic nitrogens is 2. The predicted octanol–water partition coefficient (Wildman–Crippen LogP) is 0.823. The van der Waals surface area contributed by atoms with Gasteiger partial charge in [0.25, 0.3) is 0 Å². The first-order valence-corrected chi connectivity index (χ1v) is 3.96. The number of nitrogens with one attached hydrogen (secondary N) is 1. The molecule has 0 aliphatic carbocycles. The van der Waals surface area contributed by atoms with Crippen LogP contribution in [0.3, 0.4) is 0 Å². The zero-order valence-electron chi connectivity index (χ0n) is 7.41. The minimum atomic E-state index is 0.0741. The number of nitrogen functional groups attached to an aromatic ring is 1. The average Bonchev–Trinajstić information content (AvgIpc) is 2.34. The summed E-state index contributed by atoms with van der Waals surface area (Å²) < 4.78 is 1.81. The van der Waals surface area contributed by atoms with Crippen molar-refractivity contribution in [2.75, 3.05) is 0 Å². The molecule has 0 saturated heterocycles. The van der Waals surface area contributed by atoms with Gasteiger partial charge in [0, 0.05) is 12.7 Å². The second kappa shape index (κ2) is 3.38. The second-order valence-electron chi connectivity index (χ2n) is 3.26. The van der Waals surface area contributed by atoms with Crippen molar-refractivity contribution in [3.05, 3.63) is 18.0 Å². The van der Waals surface area contributed by atoms with Gasteiger partial charge in [0.1, 0.15) is 5.84 Å². The number of rotatable bonds is 3. The van der Waals surface area contributed by atoms with E-state index in [1.54, 1.807) is 17.1 Å². The van der Waals surface area contributed by atoms with Gasteiger partial charge in [-0.15, -0.1) is 0 Å². The van der Waals surface area contributed by atoms with Gasteiger partial charge >= 0.3 is 0 Å². The predicted molar refractivity (Wildman–Crippen MR) is 48.1 cm³/mol. The fourth-order valence-corrected chi connectivity index (χ4v) is 0.977. The van der Waals surface area contributed by atoms with E-state index in [1.165, 1.54) is 0 Å². The maximum atomic E-state index is 7.16. The normalized spacial score (nSPS) is 10.6. The van der Waals surface area contributed by atoms with Gasteiger partial charge in [0.15, 0.2) is 0 Å². The molecule has 0 aliphatic rings. The molecule has 12 heavy (non-hydrogen) atoms. The quantitative estimate of drug-likeness (QED) is 0.515. The number of amidine groups is 1. The van der Waals surface area contributed by atoms with E-state index < -0.39 is 0 Å². The third kappa shape index (κ3) is 2.08. The molecule has 1 rings (SSSR count). The van der Waals surface area contributed by atoms with Crippen LogP contribution in [0.5, 0.6) is 0 Å². The minimum Gasteiger partial charge on any atom is -0.384 e. The Bertz CT molecular complexity index is 274. The largest absolute Gasteiger partial charge is 0.384 e. The molecule has 4 nitrogen and oxygen atoms in total. The van der Waals surface area contributed by atoms with Crippen LogP contribution in [0.2, 0.25) is 0 Å².